The minimum atomic E-state index is 0.483. The average molecular weight is 359 g/mol. The molecule has 0 spiro atoms. The zero-order valence-corrected chi connectivity index (χ0v) is 16.4. The van der Waals surface area contributed by atoms with Gasteiger partial charge in [-0.2, -0.15) is 0 Å². The molecule has 0 amide bonds. The number of fused-ring (bicyclic) bond motifs is 4. The molecule has 2 aromatic carbocycles. The largest absolute Gasteiger partial charge is 0.309 e. The molecule has 5 rings (SSSR count). The Morgan fingerprint density at radius 1 is 0.926 bits per heavy atom. The number of rotatable bonds is 3. The summed E-state index contributed by atoms with van der Waals surface area (Å²) in [6, 6.07) is 19.2. The van der Waals surface area contributed by atoms with E-state index in [1.165, 1.54) is 44.3 Å². The molecule has 2 atom stereocenters. The van der Waals surface area contributed by atoms with Crippen molar-refractivity contribution in [3.63, 3.8) is 0 Å². The molecule has 3 aliphatic heterocycles. The maximum atomic E-state index is 3.81. The molecule has 1 N–H and O–H groups in total. The maximum Gasteiger partial charge on any atom is 0.0391 e. The molecule has 2 aromatic rings. The molecule has 2 nitrogen and oxygen atoms in total. The van der Waals surface area contributed by atoms with Gasteiger partial charge in [0.15, 0.2) is 0 Å². The lowest BCUT2D eigenvalue weighted by atomic mass is 9.80. The van der Waals surface area contributed by atoms with Gasteiger partial charge in [0.25, 0.3) is 0 Å². The fraction of sp³-hybridized carbons (Fsp3) is 0.440. The molecule has 27 heavy (non-hydrogen) atoms. The van der Waals surface area contributed by atoms with Gasteiger partial charge in [0.05, 0.1) is 0 Å². The molecule has 3 heterocycles. The first kappa shape index (κ1) is 17.2. The summed E-state index contributed by atoms with van der Waals surface area (Å²) in [5, 5.41) is 3.81. The summed E-state index contributed by atoms with van der Waals surface area (Å²) >= 11 is 0. The van der Waals surface area contributed by atoms with E-state index >= 15 is 0 Å². The fourth-order valence-corrected chi connectivity index (χ4v) is 5.48. The molecule has 3 aliphatic rings. The second kappa shape index (κ2) is 7.26. The van der Waals surface area contributed by atoms with Crippen molar-refractivity contribution in [2.45, 2.75) is 51.1 Å². The van der Waals surface area contributed by atoms with E-state index in [1.54, 1.807) is 27.8 Å². The van der Waals surface area contributed by atoms with Crippen molar-refractivity contribution in [1.29, 1.82) is 0 Å². The van der Waals surface area contributed by atoms with Crippen molar-refractivity contribution in [1.82, 2.24) is 10.2 Å². The van der Waals surface area contributed by atoms with Crippen LogP contribution in [0.5, 0.6) is 0 Å². The molecule has 0 saturated heterocycles. The Bertz CT molecular complexity index is 866. The van der Waals surface area contributed by atoms with Crippen LogP contribution in [-0.4, -0.2) is 24.5 Å². The highest BCUT2D eigenvalue weighted by atomic mass is 15.2. The van der Waals surface area contributed by atoms with Crippen LogP contribution < -0.4 is 5.32 Å². The van der Waals surface area contributed by atoms with E-state index in [9.17, 15) is 0 Å². The molecule has 2 heteroatoms. The van der Waals surface area contributed by atoms with Gasteiger partial charge in [0.1, 0.15) is 0 Å². The standard InChI is InChI=1S/C25H30N2/c1-2-18-17-27-14-12-20-8-4-6-10-23(20)25(27)16-21(18)15-24-22-9-5-3-7-19(22)11-13-26-24/h3-10,24-26H,2,11-17H2,1H3/t24?,25-/m0/s1. The first-order valence-electron chi connectivity index (χ1n) is 10.7. The molecule has 0 fully saturated rings. The van der Waals surface area contributed by atoms with E-state index in [0.29, 0.717) is 12.1 Å². The van der Waals surface area contributed by atoms with Crippen molar-refractivity contribution in [3.8, 4) is 0 Å². The Labute approximate surface area is 163 Å². The second-order valence-corrected chi connectivity index (χ2v) is 8.36. The van der Waals surface area contributed by atoms with Gasteiger partial charge in [0, 0.05) is 25.2 Å². The number of benzene rings is 2. The molecular weight excluding hydrogens is 328 g/mol. The van der Waals surface area contributed by atoms with Crippen LogP contribution in [0.15, 0.2) is 59.7 Å². The number of hydrogen-bond donors (Lipinski definition) is 1. The molecule has 0 saturated carbocycles. The maximum absolute atomic E-state index is 3.81. The predicted octanol–water partition coefficient (Wildman–Crippen LogP) is 4.97. The van der Waals surface area contributed by atoms with Gasteiger partial charge < -0.3 is 5.32 Å². The van der Waals surface area contributed by atoms with Crippen LogP contribution in [0.4, 0.5) is 0 Å². The van der Waals surface area contributed by atoms with E-state index in [2.05, 4.69) is 65.7 Å². The van der Waals surface area contributed by atoms with Crippen molar-refractivity contribution in [2.75, 3.05) is 19.6 Å². The van der Waals surface area contributed by atoms with E-state index in [1.807, 2.05) is 0 Å². The Hall–Kier alpha value is -1.90. The zero-order chi connectivity index (χ0) is 18.2. The topological polar surface area (TPSA) is 15.3 Å². The average Bonchev–Trinajstić information content (AvgIpc) is 2.73. The summed E-state index contributed by atoms with van der Waals surface area (Å²) in [6.07, 6.45) is 5.94. The monoisotopic (exact) mass is 358 g/mol. The van der Waals surface area contributed by atoms with Crippen LogP contribution in [0.2, 0.25) is 0 Å². The first-order valence-corrected chi connectivity index (χ1v) is 10.7. The van der Waals surface area contributed by atoms with Gasteiger partial charge in [-0.3, -0.25) is 4.90 Å². The molecule has 0 aromatic heterocycles. The van der Waals surface area contributed by atoms with Crippen LogP contribution in [0.1, 0.15) is 60.5 Å². The Kier molecular flexibility index (Phi) is 4.63. The van der Waals surface area contributed by atoms with Gasteiger partial charge in [-0.25, -0.2) is 0 Å². The lowest BCUT2D eigenvalue weighted by Gasteiger charge is -2.43. The number of nitrogens with one attached hydrogen (secondary N) is 1. The first-order chi connectivity index (χ1) is 13.3. The van der Waals surface area contributed by atoms with Gasteiger partial charge >= 0.3 is 0 Å². The van der Waals surface area contributed by atoms with Crippen molar-refractivity contribution >= 4 is 0 Å². The summed E-state index contributed by atoms with van der Waals surface area (Å²) in [6.45, 7) is 5.83. The zero-order valence-electron chi connectivity index (χ0n) is 16.4. The molecular formula is C25H30N2. The third-order valence-corrected chi connectivity index (χ3v) is 6.95. The fourth-order valence-electron chi connectivity index (χ4n) is 5.48. The quantitative estimate of drug-likeness (QED) is 0.779. The van der Waals surface area contributed by atoms with Gasteiger partial charge in [-0.05, 0) is 60.9 Å². The molecule has 1 unspecified atom stereocenters. The summed E-state index contributed by atoms with van der Waals surface area (Å²) in [7, 11) is 0. The van der Waals surface area contributed by atoms with Crippen LogP contribution in [0.25, 0.3) is 0 Å². The third-order valence-electron chi connectivity index (χ3n) is 6.95. The Balaban J connectivity index is 1.45. The smallest absolute Gasteiger partial charge is 0.0391 e. The summed E-state index contributed by atoms with van der Waals surface area (Å²) in [4.78, 5) is 2.73. The van der Waals surface area contributed by atoms with E-state index in [0.717, 1.165) is 13.0 Å². The normalized spacial score (nSPS) is 24.9. The molecule has 0 bridgehead atoms. The van der Waals surface area contributed by atoms with E-state index in [4.69, 9.17) is 0 Å². The minimum absolute atomic E-state index is 0.483. The molecule has 0 radical (unpaired) electrons. The number of hydrogen-bond acceptors (Lipinski definition) is 2. The lowest BCUT2D eigenvalue weighted by Crippen LogP contribution is -2.40. The summed E-state index contributed by atoms with van der Waals surface area (Å²) in [5.74, 6) is 0. The lowest BCUT2D eigenvalue weighted by molar-refractivity contribution is 0.182. The minimum Gasteiger partial charge on any atom is -0.309 e. The predicted molar refractivity (Wildman–Crippen MR) is 112 cm³/mol. The van der Waals surface area contributed by atoms with Crippen molar-refractivity contribution in [3.05, 3.63) is 81.9 Å². The Morgan fingerprint density at radius 2 is 1.67 bits per heavy atom. The van der Waals surface area contributed by atoms with Crippen molar-refractivity contribution in [2.24, 2.45) is 0 Å². The van der Waals surface area contributed by atoms with Crippen LogP contribution in [-0.2, 0) is 12.8 Å². The van der Waals surface area contributed by atoms with Crippen molar-refractivity contribution < 1.29 is 0 Å². The summed E-state index contributed by atoms with van der Waals surface area (Å²) < 4.78 is 0. The van der Waals surface area contributed by atoms with Gasteiger partial charge in [-0.15, -0.1) is 0 Å². The third kappa shape index (κ3) is 3.15. The van der Waals surface area contributed by atoms with Crippen LogP contribution in [0.3, 0.4) is 0 Å². The van der Waals surface area contributed by atoms with Gasteiger partial charge in [0.2, 0.25) is 0 Å². The second-order valence-electron chi connectivity index (χ2n) is 8.36. The van der Waals surface area contributed by atoms with E-state index < -0.39 is 0 Å². The molecule has 0 aliphatic carbocycles. The highest BCUT2D eigenvalue weighted by Crippen LogP contribution is 2.42. The highest BCUT2D eigenvalue weighted by molar-refractivity contribution is 5.38. The number of nitrogens with zero attached hydrogens (tertiary/aromatic N) is 1. The molecule has 140 valence electrons. The van der Waals surface area contributed by atoms with Crippen LogP contribution >= 0.6 is 0 Å². The Morgan fingerprint density at radius 3 is 2.48 bits per heavy atom. The van der Waals surface area contributed by atoms with E-state index in [-0.39, 0.29) is 0 Å². The van der Waals surface area contributed by atoms with Crippen LogP contribution in [0, 0.1) is 0 Å². The van der Waals surface area contributed by atoms with Gasteiger partial charge in [-0.1, -0.05) is 66.6 Å². The summed E-state index contributed by atoms with van der Waals surface area (Å²) in [5.41, 5.74) is 9.62. The SMILES string of the molecule is CCC1=C(CC2NCCc3ccccc32)C[C@H]2c3ccccc3CCN2C1. The highest BCUT2D eigenvalue weighted by Gasteiger charge is 2.33.